The lowest BCUT2D eigenvalue weighted by Crippen LogP contribution is -2.54. The molecule has 160 valence electrons. The molecule has 8 heteroatoms. The monoisotopic (exact) mass is 467 g/mol. The molecule has 0 heterocycles. The third-order valence-electron chi connectivity index (χ3n) is 5.30. The molecule has 29 heavy (non-hydrogen) atoms. The van der Waals surface area contributed by atoms with E-state index in [-0.39, 0.29) is 23.9 Å². The second-order valence-electron chi connectivity index (χ2n) is 7.68. The summed E-state index contributed by atoms with van der Waals surface area (Å²) in [5, 5.41) is 4.33. The maximum Gasteiger partial charge on any atom is 0.425 e. The minimum absolute atomic E-state index is 0.125. The van der Waals surface area contributed by atoms with Crippen LogP contribution in [-0.2, 0) is 14.3 Å². The van der Waals surface area contributed by atoms with Gasteiger partial charge in [0.05, 0.1) is 19.1 Å². The first-order valence-electron chi connectivity index (χ1n) is 9.98. The Labute approximate surface area is 180 Å². The molecule has 1 fully saturated rings. The van der Waals surface area contributed by atoms with Gasteiger partial charge in [-0.25, -0.2) is 15.2 Å². The Kier molecular flexibility index (Phi) is 8.49. The molecule has 0 aliphatic heterocycles. The predicted molar refractivity (Wildman–Crippen MR) is 114 cm³/mol. The molecule has 0 bridgehead atoms. The molecule has 0 spiro atoms. The van der Waals surface area contributed by atoms with Gasteiger partial charge in [-0.1, -0.05) is 40.9 Å². The van der Waals surface area contributed by atoms with E-state index in [2.05, 4.69) is 31.4 Å². The Morgan fingerprint density at radius 2 is 1.66 bits per heavy atom. The van der Waals surface area contributed by atoms with Crippen molar-refractivity contribution in [2.45, 2.75) is 58.5 Å². The highest BCUT2D eigenvalue weighted by molar-refractivity contribution is 9.10. The molecular formula is C21H30BrN3O4. The second-order valence-corrected chi connectivity index (χ2v) is 8.60. The van der Waals surface area contributed by atoms with Crippen LogP contribution >= 0.6 is 15.9 Å². The van der Waals surface area contributed by atoms with Crippen molar-refractivity contribution < 1.29 is 19.1 Å². The van der Waals surface area contributed by atoms with E-state index < -0.39 is 17.9 Å². The minimum atomic E-state index is -0.701. The van der Waals surface area contributed by atoms with Crippen molar-refractivity contribution in [3.05, 3.63) is 34.3 Å². The average Bonchev–Trinajstić information content (AvgIpc) is 2.71. The number of amides is 3. The Hall–Kier alpha value is -2.09. The minimum Gasteiger partial charge on any atom is -0.452 e. The quantitative estimate of drug-likeness (QED) is 0.641. The Bertz CT molecular complexity index is 723. The van der Waals surface area contributed by atoms with E-state index in [1.165, 1.54) is 12.1 Å². The van der Waals surface area contributed by atoms with Crippen molar-refractivity contribution >= 4 is 33.8 Å². The molecule has 3 atom stereocenters. The van der Waals surface area contributed by atoms with E-state index >= 15 is 0 Å². The SMILES string of the molecule is COC(=O)NN(C(=O)[C@@H]1CCCCC1C(=O)N[C@H](C)c1ccc(Br)cc1)C(C)C. The number of hydrazine groups is 1. The zero-order chi connectivity index (χ0) is 21.6. The fraction of sp³-hybridized carbons (Fsp3) is 0.571. The number of rotatable bonds is 5. The molecule has 3 amide bonds. The maximum atomic E-state index is 13.2. The van der Waals surface area contributed by atoms with E-state index in [0.29, 0.717) is 12.8 Å². The summed E-state index contributed by atoms with van der Waals surface area (Å²) in [4.78, 5) is 37.8. The van der Waals surface area contributed by atoms with Crippen molar-refractivity contribution in [2.75, 3.05) is 7.11 Å². The van der Waals surface area contributed by atoms with Gasteiger partial charge >= 0.3 is 6.09 Å². The summed E-state index contributed by atoms with van der Waals surface area (Å²) in [6.45, 7) is 5.54. The molecule has 2 N–H and O–H groups in total. The van der Waals surface area contributed by atoms with Gasteiger partial charge in [-0.3, -0.25) is 9.59 Å². The van der Waals surface area contributed by atoms with Crippen LogP contribution in [0.15, 0.2) is 28.7 Å². The van der Waals surface area contributed by atoms with Crippen LogP contribution in [0.3, 0.4) is 0 Å². The Balaban J connectivity index is 2.12. The number of carbonyl (C=O) groups is 3. The summed E-state index contributed by atoms with van der Waals surface area (Å²) in [6.07, 6.45) is 2.36. The number of halogens is 1. The molecule has 0 aromatic heterocycles. The first-order valence-corrected chi connectivity index (χ1v) is 10.8. The van der Waals surface area contributed by atoms with Crippen molar-refractivity contribution in [3.8, 4) is 0 Å². The van der Waals surface area contributed by atoms with Gasteiger partial charge in [0.15, 0.2) is 0 Å². The fourth-order valence-corrected chi connectivity index (χ4v) is 3.92. The summed E-state index contributed by atoms with van der Waals surface area (Å²) in [6, 6.07) is 7.36. The molecule has 0 saturated heterocycles. The van der Waals surface area contributed by atoms with Crippen LogP contribution in [0.1, 0.15) is 58.1 Å². The van der Waals surface area contributed by atoms with Gasteiger partial charge in [0.2, 0.25) is 11.8 Å². The molecule has 1 saturated carbocycles. The van der Waals surface area contributed by atoms with E-state index in [0.717, 1.165) is 22.9 Å². The largest absolute Gasteiger partial charge is 0.452 e. The van der Waals surface area contributed by atoms with Gasteiger partial charge in [0, 0.05) is 16.4 Å². The van der Waals surface area contributed by atoms with Crippen molar-refractivity contribution in [1.29, 1.82) is 0 Å². The van der Waals surface area contributed by atoms with Gasteiger partial charge < -0.3 is 10.1 Å². The summed E-state index contributed by atoms with van der Waals surface area (Å²) < 4.78 is 5.60. The number of nitrogens with zero attached hydrogens (tertiary/aromatic N) is 1. The number of methoxy groups -OCH3 is 1. The summed E-state index contributed by atoms with van der Waals surface area (Å²) in [5.41, 5.74) is 3.48. The maximum absolute atomic E-state index is 13.2. The van der Waals surface area contributed by atoms with Crippen LogP contribution < -0.4 is 10.7 Å². The van der Waals surface area contributed by atoms with Crippen molar-refractivity contribution in [2.24, 2.45) is 11.8 Å². The van der Waals surface area contributed by atoms with Crippen LogP contribution in [0.4, 0.5) is 4.79 Å². The third kappa shape index (κ3) is 6.19. The van der Waals surface area contributed by atoms with E-state index in [1.54, 1.807) is 13.8 Å². The van der Waals surface area contributed by atoms with Gasteiger partial charge in [-0.15, -0.1) is 0 Å². The lowest BCUT2D eigenvalue weighted by Gasteiger charge is -2.35. The number of nitrogens with one attached hydrogen (secondary N) is 2. The zero-order valence-electron chi connectivity index (χ0n) is 17.4. The van der Waals surface area contributed by atoms with Crippen molar-refractivity contribution in [1.82, 2.24) is 15.8 Å². The first-order chi connectivity index (χ1) is 13.7. The molecule has 1 unspecified atom stereocenters. The smallest absolute Gasteiger partial charge is 0.425 e. The fourth-order valence-electron chi connectivity index (χ4n) is 3.66. The molecule has 7 nitrogen and oxygen atoms in total. The summed E-state index contributed by atoms with van der Waals surface area (Å²) >= 11 is 3.41. The van der Waals surface area contributed by atoms with E-state index in [1.807, 2.05) is 31.2 Å². The highest BCUT2D eigenvalue weighted by Gasteiger charge is 2.39. The second kappa shape index (κ2) is 10.6. The number of carbonyl (C=O) groups excluding carboxylic acids is 3. The van der Waals surface area contributed by atoms with Crippen LogP contribution in [0.2, 0.25) is 0 Å². The highest BCUT2D eigenvalue weighted by Crippen LogP contribution is 2.32. The molecule has 1 aliphatic carbocycles. The van der Waals surface area contributed by atoms with Gasteiger partial charge in [-0.2, -0.15) is 0 Å². The van der Waals surface area contributed by atoms with Crippen LogP contribution in [0.5, 0.6) is 0 Å². The van der Waals surface area contributed by atoms with Gasteiger partial charge in [0.25, 0.3) is 0 Å². The topological polar surface area (TPSA) is 87.7 Å². The van der Waals surface area contributed by atoms with Crippen molar-refractivity contribution in [3.63, 3.8) is 0 Å². The third-order valence-corrected chi connectivity index (χ3v) is 5.83. The van der Waals surface area contributed by atoms with Crippen LogP contribution in [0, 0.1) is 11.8 Å². The normalized spacial score (nSPS) is 19.9. The molecule has 1 aromatic carbocycles. The summed E-state index contributed by atoms with van der Waals surface area (Å²) in [5.74, 6) is -1.27. The lowest BCUT2D eigenvalue weighted by atomic mass is 9.77. The standard InChI is InChI=1S/C21H30BrN3O4/c1-13(2)25(24-21(28)29-4)20(27)18-8-6-5-7-17(18)19(26)23-14(3)15-9-11-16(22)12-10-15/h9-14,17-18H,5-8H2,1-4H3,(H,23,26)(H,24,28)/t14-,17?,18-/m1/s1. The van der Waals surface area contributed by atoms with Gasteiger partial charge in [-0.05, 0) is 51.3 Å². The van der Waals surface area contributed by atoms with E-state index in [4.69, 9.17) is 0 Å². The number of hydrogen-bond acceptors (Lipinski definition) is 4. The predicted octanol–water partition coefficient (Wildman–Crippen LogP) is 3.94. The highest BCUT2D eigenvalue weighted by atomic mass is 79.9. The molecule has 1 aromatic rings. The molecule has 1 aliphatic rings. The lowest BCUT2D eigenvalue weighted by molar-refractivity contribution is -0.147. The average molecular weight is 468 g/mol. The van der Waals surface area contributed by atoms with Gasteiger partial charge in [0.1, 0.15) is 0 Å². The zero-order valence-corrected chi connectivity index (χ0v) is 19.0. The van der Waals surface area contributed by atoms with E-state index in [9.17, 15) is 14.4 Å². The Morgan fingerprint density at radius 1 is 1.07 bits per heavy atom. The number of benzene rings is 1. The van der Waals surface area contributed by atoms with Crippen LogP contribution in [0.25, 0.3) is 0 Å². The summed E-state index contributed by atoms with van der Waals surface area (Å²) in [7, 11) is 1.25. The Morgan fingerprint density at radius 3 is 2.21 bits per heavy atom. The number of hydrogen-bond donors (Lipinski definition) is 2. The van der Waals surface area contributed by atoms with Crippen LogP contribution in [-0.4, -0.2) is 36.1 Å². The first kappa shape index (κ1) is 23.2. The molecule has 0 radical (unpaired) electrons. The number of ether oxygens (including phenoxy) is 1. The molecular weight excluding hydrogens is 438 g/mol. The molecule has 2 rings (SSSR count).